The van der Waals surface area contributed by atoms with E-state index in [0.29, 0.717) is 36.8 Å². The van der Waals surface area contributed by atoms with Gasteiger partial charge in [0.25, 0.3) is 0 Å². The molecule has 1 aliphatic heterocycles. The molecule has 1 fully saturated rings. The highest BCUT2D eigenvalue weighted by Gasteiger charge is 2.34. The van der Waals surface area contributed by atoms with Crippen LogP contribution in [0.4, 0.5) is 0 Å². The topological polar surface area (TPSA) is 67.6 Å². The number of nitrogens with zero attached hydrogens (tertiary/aromatic N) is 3. The first-order chi connectivity index (χ1) is 16.6. The normalized spacial score (nSPS) is 16.8. The first-order valence-corrected chi connectivity index (χ1v) is 11.8. The lowest BCUT2D eigenvalue weighted by Gasteiger charge is -2.19. The first-order valence-electron chi connectivity index (χ1n) is 11.4. The zero-order valence-electron chi connectivity index (χ0n) is 18.7. The van der Waals surface area contributed by atoms with Crippen molar-refractivity contribution in [2.75, 3.05) is 13.2 Å². The van der Waals surface area contributed by atoms with Gasteiger partial charge in [0.1, 0.15) is 24.3 Å². The summed E-state index contributed by atoms with van der Waals surface area (Å²) in [4.78, 5) is 19.6. The monoisotopic (exact) mass is 475 g/mol. The number of aliphatic hydroxyl groups is 1. The van der Waals surface area contributed by atoms with Gasteiger partial charge in [-0.25, -0.2) is 4.98 Å². The molecule has 0 aliphatic carbocycles. The number of para-hydroxylation sites is 3. The highest BCUT2D eigenvalue weighted by molar-refractivity contribution is 6.32. The highest BCUT2D eigenvalue weighted by Crippen LogP contribution is 2.31. The molecule has 6 nitrogen and oxygen atoms in total. The fraction of sp³-hybridized carbons (Fsp3) is 0.259. The molecule has 2 heterocycles. The first kappa shape index (κ1) is 22.4. The number of carbonyl (C=O) groups is 1. The minimum Gasteiger partial charge on any atom is -0.489 e. The van der Waals surface area contributed by atoms with Gasteiger partial charge in [0.15, 0.2) is 0 Å². The maximum atomic E-state index is 12.8. The number of ether oxygens (including phenoxy) is 1. The van der Waals surface area contributed by atoms with Crippen molar-refractivity contribution in [3.8, 4) is 5.75 Å². The molecule has 1 aliphatic rings. The van der Waals surface area contributed by atoms with Gasteiger partial charge in [-0.15, -0.1) is 0 Å². The average molecular weight is 476 g/mol. The Morgan fingerprint density at radius 3 is 2.59 bits per heavy atom. The second-order valence-corrected chi connectivity index (χ2v) is 9.03. The molecule has 4 aromatic rings. The molecule has 0 spiro atoms. The predicted molar refractivity (Wildman–Crippen MR) is 132 cm³/mol. The summed E-state index contributed by atoms with van der Waals surface area (Å²) in [5.41, 5.74) is 2.89. The van der Waals surface area contributed by atoms with Crippen LogP contribution in [-0.2, 0) is 17.9 Å². The number of carbonyl (C=O) groups excluding carboxylic acids is 1. The van der Waals surface area contributed by atoms with E-state index < -0.39 is 6.10 Å². The largest absolute Gasteiger partial charge is 0.489 e. The summed E-state index contributed by atoms with van der Waals surface area (Å²) < 4.78 is 7.77. The fourth-order valence-electron chi connectivity index (χ4n) is 4.51. The van der Waals surface area contributed by atoms with E-state index in [-0.39, 0.29) is 18.4 Å². The molecular weight excluding hydrogens is 450 g/mol. The van der Waals surface area contributed by atoms with Gasteiger partial charge in [0.05, 0.1) is 22.6 Å². The summed E-state index contributed by atoms with van der Waals surface area (Å²) >= 11 is 6.17. The lowest BCUT2D eigenvalue weighted by atomic mass is 10.1. The standard InChI is InChI=1S/C27H26ClN3O3/c28-22-10-4-7-13-25(22)34-18-21(32)17-31-24-12-6-5-11-23(24)29-27(31)20-14-26(33)30(16-20)15-19-8-2-1-3-9-19/h1-13,20-21,32H,14-18H2/t20-,21-/m0/s1. The molecule has 5 rings (SSSR count). The molecule has 0 radical (unpaired) electrons. The van der Waals surface area contributed by atoms with Crippen LogP contribution in [0, 0.1) is 0 Å². The van der Waals surface area contributed by atoms with E-state index in [2.05, 4.69) is 0 Å². The van der Waals surface area contributed by atoms with E-state index in [0.717, 1.165) is 22.4 Å². The zero-order chi connectivity index (χ0) is 23.5. The Hall–Kier alpha value is -3.35. The molecule has 1 aromatic heterocycles. The average Bonchev–Trinajstić information content (AvgIpc) is 3.39. The number of aromatic nitrogens is 2. The van der Waals surface area contributed by atoms with E-state index >= 15 is 0 Å². The number of halogens is 1. The summed E-state index contributed by atoms with van der Waals surface area (Å²) in [6.07, 6.45) is -0.368. The number of benzene rings is 3. The fourth-order valence-corrected chi connectivity index (χ4v) is 4.70. The summed E-state index contributed by atoms with van der Waals surface area (Å²) in [6.45, 7) is 1.59. The molecule has 34 heavy (non-hydrogen) atoms. The number of rotatable bonds is 8. The number of fused-ring (bicyclic) bond motifs is 1. The Labute approximate surface area is 203 Å². The molecule has 2 atom stereocenters. The van der Waals surface area contributed by atoms with Crippen LogP contribution in [-0.4, -0.2) is 44.7 Å². The number of amides is 1. The van der Waals surface area contributed by atoms with Crippen molar-refractivity contribution in [1.82, 2.24) is 14.5 Å². The van der Waals surface area contributed by atoms with Crippen LogP contribution < -0.4 is 4.74 Å². The Morgan fingerprint density at radius 1 is 1.03 bits per heavy atom. The molecule has 174 valence electrons. The molecule has 1 amide bonds. The minimum atomic E-state index is -0.773. The Kier molecular flexibility index (Phi) is 6.52. The van der Waals surface area contributed by atoms with Gasteiger partial charge in [0, 0.05) is 25.4 Å². The van der Waals surface area contributed by atoms with Crippen LogP contribution >= 0.6 is 11.6 Å². The molecule has 7 heteroatoms. The molecule has 0 bridgehead atoms. The highest BCUT2D eigenvalue weighted by atomic mass is 35.5. The number of imidazole rings is 1. The molecular formula is C27H26ClN3O3. The van der Waals surface area contributed by atoms with Gasteiger partial charge in [-0.05, 0) is 29.8 Å². The number of hydrogen-bond donors (Lipinski definition) is 1. The van der Waals surface area contributed by atoms with Crippen molar-refractivity contribution >= 4 is 28.5 Å². The molecule has 0 unspecified atom stereocenters. The predicted octanol–water partition coefficient (Wildman–Crippen LogP) is 4.65. The van der Waals surface area contributed by atoms with Gasteiger partial charge in [-0.1, -0.05) is 66.2 Å². The Morgan fingerprint density at radius 2 is 1.76 bits per heavy atom. The van der Waals surface area contributed by atoms with Crippen molar-refractivity contribution < 1.29 is 14.6 Å². The smallest absolute Gasteiger partial charge is 0.223 e. The van der Waals surface area contributed by atoms with E-state index in [9.17, 15) is 9.90 Å². The van der Waals surface area contributed by atoms with Gasteiger partial charge in [-0.3, -0.25) is 4.79 Å². The van der Waals surface area contributed by atoms with Crippen molar-refractivity contribution in [3.05, 3.63) is 95.3 Å². The van der Waals surface area contributed by atoms with Crippen molar-refractivity contribution in [2.45, 2.75) is 31.5 Å². The molecule has 0 saturated carbocycles. The van der Waals surface area contributed by atoms with Crippen LogP contribution in [0.1, 0.15) is 23.7 Å². The summed E-state index contributed by atoms with van der Waals surface area (Å²) in [5, 5.41) is 11.3. The second-order valence-electron chi connectivity index (χ2n) is 8.63. The van der Waals surface area contributed by atoms with Crippen molar-refractivity contribution in [3.63, 3.8) is 0 Å². The maximum Gasteiger partial charge on any atom is 0.223 e. The Bertz CT molecular complexity index is 1290. The summed E-state index contributed by atoms with van der Waals surface area (Å²) in [7, 11) is 0. The van der Waals surface area contributed by atoms with E-state index in [1.54, 1.807) is 12.1 Å². The summed E-state index contributed by atoms with van der Waals surface area (Å²) in [6, 6.07) is 25.1. The molecule has 1 N–H and O–H groups in total. The van der Waals surface area contributed by atoms with E-state index in [1.807, 2.05) is 76.2 Å². The third-order valence-electron chi connectivity index (χ3n) is 6.14. The van der Waals surface area contributed by atoms with Crippen LogP contribution in [0.15, 0.2) is 78.9 Å². The van der Waals surface area contributed by atoms with Crippen LogP contribution in [0.3, 0.4) is 0 Å². The van der Waals surface area contributed by atoms with Gasteiger partial charge >= 0.3 is 0 Å². The maximum absolute atomic E-state index is 12.8. The minimum absolute atomic E-state index is 0.0414. The van der Waals surface area contributed by atoms with Crippen molar-refractivity contribution in [2.24, 2.45) is 0 Å². The summed E-state index contributed by atoms with van der Waals surface area (Å²) in [5.74, 6) is 1.44. The number of aliphatic hydroxyl groups excluding tert-OH is 1. The van der Waals surface area contributed by atoms with Crippen molar-refractivity contribution in [1.29, 1.82) is 0 Å². The quantitative estimate of drug-likeness (QED) is 0.403. The van der Waals surface area contributed by atoms with E-state index in [1.165, 1.54) is 0 Å². The van der Waals surface area contributed by atoms with Gasteiger partial charge in [-0.2, -0.15) is 0 Å². The van der Waals surface area contributed by atoms with Crippen LogP contribution in [0.25, 0.3) is 11.0 Å². The second kappa shape index (κ2) is 9.87. The van der Waals surface area contributed by atoms with Crippen LogP contribution in [0.5, 0.6) is 5.75 Å². The van der Waals surface area contributed by atoms with Gasteiger partial charge < -0.3 is 19.3 Å². The zero-order valence-corrected chi connectivity index (χ0v) is 19.4. The lowest BCUT2D eigenvalue weighted by Crippen LogP contribution is -2.26. The van der Waals surface area contributed by atoms with Crippen LogP contribution in [0.2, 0.25) is 5.02 Å². The third-order valence-corrected chi connectivity index (χ3v) is 6.45. The SMILES string of the molecule is O=C1C[C@H](c2nc3ccccc3n2C[C@H](O)COc2ccccc2Cl)CN1Cc1ccccc1. The molecule has 1 saturated heterocycles. The van der Waals surface area contributed by atoms with E-state index in [4.69, 9.17) is 21.3 Å². The number of hydrogen-bond acceptors (Lipinski definition) is 4. The third kappa shape index (κ3) is 4.79. The lowest BCUT2D eigenvalue weighted by molar-refractivity contribution is -0.128. The number of likely N-dealkylation sites (tertiary alicyclic amines) is 1. The molecule has 3 aromatic carbocycles. The van der Waals surface area contributed by atoms with Gasteiger partial charge in [0.2, 0.25) is 5.91 Å². The Balaban J connectivity index is 1.35.